The summed E-state index contributed by atoms with van der Waals surface area (Å²) in [5, 5.41) is 10.4. The number of hydrogen-bond acceptors (Lipinski definition) is 8. The number of hydrogen-bond donors (Lipinski definition) is 3. The first-order chi connectivity index (χ1) is 17.9. The zero-order chi connectivity index (χ0) is 26.0. The molecule has 37 heavy (non-hydrogen) atoms. The summed E-state index contributed by atoms with van der Waals surface area (Å²) < 4.78 is 7.62. The van der Waals surface area contributed by atoms with Crippen molar-refractivity contribution in [1.82, 2.24) is 19.7 Å². The van der Waals surface area contributed by atoms with Crippen LogP contribution in [0.3, 0.4) is 0 Å². The minimum absolute atomic E-state index is 0.0169. The number of nitrogens with zero attached hydrogens (tertiary/aromatic N) is 5. The summed E-state index contributed by atoms with van der Waals surface area (Å²) in [5.41, 5.74) is 7.59. The molecule has 0 radical (unpaired) electrons. The van der Waals surface area contributed by atoms with Gasteiger partial charge in [-0.3, -0.25) is 14.4 Å². The summed E-state index contributed by atoms with van der Waals surface area (Å²) in [4.78, 5) is 35.3. The van der Waals surface area contributed by atoms with Crippen LogP contribution in [0.1, 0.15) is 61.0 Å². The number of nitrogens with one attached hydrogen (secondary N) is 2. The number of aromatic nitrogens is 4. The van der Waals surface area contributed by atoms with Gasteiger partial charge >= 0.3 is 6.09 Å². The predicted molar refractivity (Wildman–Crippen MR) is 140 cm³/mol. The maximum Gasteiger partial charge on any atom is 0.415 e. The largest absolute Gasteiger partial charge is 0.439 e. The van der Waals surface area contributed by atoms with E-state index >= 15 is 0 Å². The number of unbranched alkanes of at least 4 members (excludes halogenated alkanes) is 1. The number of benzene rings is 1. The molecule has 4 N–H and O–H groups in total. The lowest BCUT2D eigenvalue weighted by Gasteiger charge is -2.27. The summed E-state index contributed by atoms with van der Waals surface area (Å²) in [7, 11) is 1.78. The fraction of sp³-hybridized carbons (Fsp3) is 0.423. The first kappa shape index (κ1) is 24.5. The van der Waals surface area contributed by atoms with Gasteiger partial charge in [0.1, 0.15) is 11.4 Å². The van der Waals surface area contributed by atoms with Gasteiger partial charge in [0.15, 0.2) is 11.5 Å². The van der Waals surface area contributed by atoms with Gasteiger partial charge in [0.05, 0.1) is 31.2 Å². The second-order valence-electron chi connectivity index (χ2n) is 9.80. The molecule has 2 amide bonds. The Bertz CT molecular complexity index is 1290. The van der Waals surface area contributed by atoms with Gasteiger partial charge in [0.25, 0.3) is 5.91 Å². The van der Waals surface area contributed by atoms with Gasteiger partial charge in [0, 0.05) is 18.9 Å². The number of amides is 2. The maximum absolute atomic E-state index is 13.0. The Morgan fingerprint density at radius 3 is 2.68 bits per heavy atom. The van der Waals surface area contributed by atoms with Gasteiger partial charge in [-0.15, -0.1) is 0 Å². The number of nitrogens with two attached hydrogens (primary N) is 1. The third kappa shape index (κ3) is 5.50. The van der Waals surface area contributed by atoms with Crippen LogP contribution >= 0.6 is 0 Å². The molecule has 11 heteroatoms. The number of carbonyl (C=O) groups is 2. The minimum Gasteiger partial charge on any atom is -0.439 e. The number of rotatable bonds is 11. The van der Waals surface area contributed by atoms with Gasteiger partial charge in [-0.2, -0.15) is 5.10 Å². The van der Waals surface area contributed by atoms with Gasteiger partial charge in [-0.05, 0) is 49.3 Å². The summed E-state index contributed by atoms with van der Waals surface area (Å²) in [6, 6.07) is 8.22. The van der Waals surface area contributed by atoms with E-state index < -0.39 is 11.5 Å². The first-order valence-electron chi connectivity index (χ1n) is 12.6. The number of aryl methyl sites for hydroxylation is 1. The van der Waals surface area contributed by atoms with Gasteiger partial charge < -0.3 is 21.1 Å². The van der Waals surface area contributed by atoms with Crippen molar-refractivity contribution in [2.45, 2.75) is 50.5 Å². The van der Waals surface area contributed by atoms with Crippen molar-refractivity contribution in [3.05, 3.63) is 54.1 Å². The van der Waals surface area contributed by atoms with E-state index in [0.29, 0.717) is 36.9 Å². The van der Waals surface area contributed by atoms with Crippen molar-refractivity contribution < 1.29 is 14.3 Å². The van der Waals surface area contributed by atoms with Crippen LogP contribution in [0.4, 0.5) is 27.8 Å². The third-order valence-electron chi connectivity index (χ3n) is 6.78. The average molecular weight is 505 g/mol. The SMILES string of the molecule is CCCCC1(CNc2cnc(C(N)=O)c(Nc3cnn(C)c3)n2)CN(c2ccc(C3CC3)cc2)C(=O)O1. The van der Waals surface area contributed by atoms with E-state index in [-0.39, 0.29) is 17.6 Å². The van der Waals surface area contributed by atoms with Crippen molar-refractivity contribution in [3.8, 4) is 0 Å². The van der Waals surface area contributed by atoms with E-state index in [1.165, 1.54) is 24.6 Å². The smallest absolute Gasteiger partial charge is 0.415 e. The zero-order valence-corrected chi connectivity index (χ0v) is 21.1. The molecule has 3 aromatic rings. The van der Waals surface area contributed by atoms with E-state index in [9.17, 15) is 9.59 Å². The predicted octanol–water partition coefficient (Wildman–Crippen LogP) is 3.93. The lowest BCUT2D eigenvalue weighted by Crippen LogP contribution is -2.41. The molecule has 194 valence electrons. The summed E-state index contributed by atoms with van der Waals surface area (Å²) in [5.74, 6) is 0.606. The monoisotopic (exact) mass is 504 g/mol. The van der Waals surface area contributed by atoms with E-state index in [4.69, 9.17) is 10.5 Å². The van der Waals surface area contributed by atoms with E-state index in [2.05, 4.69) is 44.8 Å². The fourth-order valence-electron chi connectivity index (χ4n) is 4.59. The maximum atomic E-state index is 13.0. The highest BCUT2D eigenvalue weighted by Crippen LogP contribution is 2.41. The van der Waals surface area contributed by atoms with Crippen LogP contribution in [0.25, 0.3) is 0 Å². The Morgan fingerprint density at radius 1 is 1.24 bits per heavy atom. The van der Waals surface area contributed by atoms with E-state index in [0.717, 1.165) is 18.5 Å². The molecule has 3 heterocycles. The molecule has 5 rings (SSSR count). The molecule has 0 bridgehead atoms. The molecule has 1 aliphatic heterocycles. The van der Waals surface area contributed by atoms with Gasteiger partial charge in [0.2, 0.25) is 0 Å². The number of anilines is 4. The van der Waals surface area contributed by atoms with Crippen LogP contribution < -0.4 is 21.3 Å². The molecule has 1 unspecified atom stereocenters. The molecule has 1 saturated heterocycles. The molecule has 0 spiro atoms. The molecule has 1 aromatic carbocycles. The number of cyclic esters (lactones) is 1. The standard InChI is InChI=1S/C26H32N8O3/c1-3-4-11-26(16-34(25(36)37-26)20-9-7-18(8-10-20)17-5-6-17)15-29-21-13-28-22(23(27)35)24(32-21)31-19-12-30-33(2)14-19/h7-10,12-14,17H,3-6,11,15-16H2,1-2H3,(H2,27,35)(H2,29,31,32). The Morgan fingerprint density at radius 2 is 2.03 bits per heavy atom. The van der Waals surface area contributed by atoms with E-state index in [1.54, 1.807) is 29.0 Å². The summed E-state index contributed by atoms with van der Waals surface area (Å²) >= 11 is 0. The topological polar surface area (TPSA) is 140 Å². The molecule has 2 fully saturated rings. The highest BCUT2D eigenvalue weighted by molar-refractivity contribution is 5.96. The van der Waals surface area contributed by atoms with Crippen LogP contribution in [0, 0.1) is 0 Å². The quantitative estimate of drug-likeness (QED) is 0.357. The molecule has 2 aromatic heterocycles. The molecule has 1 aliphatic carbocycles. The van der Waals surface area contributed by atoms with Gasteiger partial charge in [-0.25, -0.2) is 14.8 Å². The lowest BCUT2D eigenvalue weighted by atomic mass is 9.96. The van der Waals surface area contributed by atoms with Crippen molar-refractivity contribution in [2.75, 3.05) is 28.6 Å². The molecule has 1 atom stereocenters. The molecule has 1 saturated carbocycles. The molecule has 11 nitrogen and oxygen atoms in total. The Hall–Kier alpha value is -4.15. The molecular formula is C26H32N8O3. The minimum atomic E-state index is -0.733. The number of ether oxygens (including phenoxy) is 1. The van der Waals surface area contributed by atoms with E-state index in [1.807, 2.05) is 12.1 Å². The summed E-state index contributed by atoms with van der Waals surface area (Å²) in [6.45, 7) is 2.87. The fourth-order valence-corrected chi connectivity index (χ4v) is 4.59. The normalized spacial score (nSPS) is 19.1. The first-order valence-corrected chi connectivity index (χ1v) is 12.6. The highest BCUT2D eigenvalue weighted by Gasteiger charge is 2.45. The van der Waals surface area contributed by atoms with Crippen molar-refractivity contribution in [1.29, 1.82) is 0 Å². The second-order valence-corrected chi connectivity index (χ2v) is 9.80. The summed E-state index contributed by atoms with van der Waals surface area (Å²) in [6.07, 6.45) is 9.50. The third-order valence-corrected chi connectivity index (χ3v) is 6.78. The molecule has 2 aliphatic rings. The van der Waals surface area contributed by atoms with Crippen molar-refractivity contribution in [3.63, 3.8) is 0 Å². The van der Waals surface area contributed by atoms with Gasteiger partial charge in [-0.1, -0.05) is 25.5 Å². The van der Waals surface area contributed by atoms with Crippen molar-refractivity contribution in [2.24, 2.45) is 12.8 Å². The Kier molecular flexibility index (Phi) is 6.68. The van der Waals surface area contributed by atoms with Crippen LogP contribution in [-0.4, -0.2) is 50.4 Å². The number of primary amides is 1. The van der Waals surface area contributed by atoms with Crippen molar-refractivity contribution >= 4 is 35.0 Å². The second kappa shape index (κ2) is 10.1. The lowest BCUT2D eigenvalue weighted by molar-refractivity contribution is 0.0582. The highest BCUT2D eigenvalue weighted by atomic mass is 16.6. The Balaban J connectivity index is 1.33. The van der Waals surface area contributed by atoms with Crippen LogP contribution in [-0.2, 0) is 11.8 Å². The Labute approximate surface area is 215 Å². The average Bonchev–Trinajstić information content (AvgIpc) is 3.58. The van der Waals surface area contributed by atoms with Crippen LogP contribution in [0.2, 0.25) is 0 Å². The number of carbonyl (C=O) groups excluding carboxylic acids is 2. The molecular weight excluding hydrogens is 472 g/mol. The van der Waals surface area contributed by atoms with Crippen LogP contribution in [0.5, 0.6) is 0 Å². The zero-order valence-electron chi connectivity index (χ0n) is 21.1. The van der Waals surface area contributed by atoms with Crippen LogP contribution in [0.15, 0.2) is 42.9 Å².